The summed E-state index contributed by atoms with van der Waals surface area (Å²) in [4.78, 5) is 20.1. The second-order valence-corrected chi connectivity index (χ2v) is 5.11. The summed E-state index contributed by atoms with van der Waals surface area (Å²) in [6.45, 7) is 3.78. The van der Waals surface area contributed by atoms with Crippen molar-refractivity contribution < 1.29 is 14.3 Å². The standard InChI is InChI=1S/C16H20N4O3/c1-10(2)19-16(21)13-8-15(18-9-17-13)20-12-7-11(22-3)5-6-14(12)23-4/h5-10H,1-4H3,(H,19,21)(H,17,18,20). The van der Waals surface area contributed by atoms with E-state index in [2.05, 4.69) is 20.6 Å². The smallest absolute Gasteiger partial charge is 0.270 e. The number of hydrogen-bond acceptors (Lipinski definition) is 6. The van der Waals surface area contributed by atoms with Crippen LogP contribution < -0.4 is 20.1 Å². The molecule has 0 saturated heterocycles. The molecule has 0 bridgehead atoms. The number of nitrogens with one attached hydrogen (secondary N) is 2. The van der Waals surface area contributed by atoms with Crippen molar-refractivity contribution in [1.29, 1.82) is 0 Å². The first-order valence-electron chi connectivity index (χ1n) is 7.15. The lowest BCUT2D eigenvalue weighted by Crippen LogP contribution is -2.30. The predicted octanol–water partition coefficient (Wildman–Crippen LogP) is 2.38. The van der Waals surface area contributed by atoms with E-state index in [1.165, 1.54) is 6.33 Å². The van der Waals surface area contributed by atoms with Gasteiger partial charge in [0.2, 0.25) is 0 Å². The zero-order valence-electron chi connectivity index (χ0n) is 13.6. The van der Waals surface area contributed by atoms with E-state index in [4.69, 9.17) is 9.47 Å². The Kier molecular flexibility index (Phi) is 5.35. The monoisotopic (exact) mass is 316 g/mol. The lowest BCUT2D eigenvalue weighted by molar-refractivity contribution is 0.0938. The van der Waals surface area contributed by atoms with Crippen molar-refractivity contribution in [1.82, 2.24) is 15.3 Å². The molecule has 1 amide bonds. The van der Waals surface area contributed by atoms with Gasteiger partial charge in [-0.2, -0.15) is 0 Å². The highest BCUT2D eigenvalue weighted by Gasteiger charge is 2.11. The molecule has 122 valence electrons. The Morgan fingerprint density at radius 1 is 1.13 bits per heavy atom. The molecule has 0 unspecified atom stereocenters. The number of hydrogen-bond donors (Lipinski definition) is 2. The average Bonchev–Trinajstić information content (AvgIpc) is 2.54. The molecular formula is C16H20N4O3. The van der Waals surface area contributed by atoms with E-state index in [-0.39, 0.29) is 17.6 Å². The number of nitrogens with zero attached hydrogens (tertiary/aromatic N) is 2. The Balaban J connectivity index is 2.25. The van der Waals surface area contributed by atoms with Crippen LogP contribution in [0.3, 0.4) is 0 Å². The molecular weight excluding hydrogens is 296 g/mol. The third-order valence-corrected chi connectivity index (χ3v) is 2.99. The molecule has 23 heavy (non-hydrogen) atoms. The van der Waals surface area contributed by atoms with Crippen LogP contribution in [0, 0.1) is 0 Å². The lowest BCUT2D eigenvalue weighted by atomic mass is 10.2. The maximum atomic E-state index is 12.0. The van der Waals surface area contributed by atoms with Crippen LogP contribution in [-0.2, 0) is 0 Å². The Labute approximate surface area is 135 Å². The Morgan fingerprint density at radius 3 is 2.57 bits per heavy atom. The summed E-state index contributed by atoms with van der Waals surface area (Å²) in [5, 5.41) is 5.90. The van der Waals surface area contributed by atoms with Gasteiger partial charge < -0.3 is 20.1 Å². The SMILES string of the molecule is COc1ccc(OC)c(Nc2cc(C(=O)NC(C)C)ncn2)c1. The van der Waals surface area contributed by atoms with Gasteiger partial charge in [-0.25, -0.2) is 9.97 Å². The third-order valence-electron chi connectivity index (χ3n) is 2.99. The van der Waals surface area contributed by atoms with E-state index in [1.54, 1.807) is 38.5 Å². The van der Waals surface area contributed by atoms with Gasteiger partial charge in [0.1, 0.15) is 29.3 Å². The fourth-order valence-corrected chi connectivity index (χ4v) is 1.94. The lowest BCUT2D eigenvalue weighted by Gasteiger charge is -2.13. The molecule has 2 rings (SSSR count). The zero-order valence-corrected chi connectivity index (χ0v) is 13.6. The van der Waals surface area contributed by atoms with E-state index < -0.39 is 0 Å². The fraction of sp³-hybridized carbons (Fsp3) is 0.312. The number of anilines is 2. The number of methoxy groups -OCH3 is 2. The molecule has 1 heterocycles. The average molecular weight is 316 g/mol. The van der Waals surface area contributed by atoms with Gasteiger partial charge in [-0.3, -0.25) is 4.79 Å². The second-order valence-electron chi connectivity index (χ2n) is 5.11. The minimum absolute atomic E-state index is 0.0346. The van der Waals surface area contributed by atoms with Crippen molar-refractivity contribution in [2.24, 2.45) is 0 Å². The number of rotatable bonds is 6. The molecule has 0 aliphatic heterocycles. The molecule has 1 aromatic carbocycles. The van der Waals surface area contributed by atoms with Gasteiger partial charge in [-0.15, -0.1) is 0 Å². The van der Waals surface area contributed by atoms with Crippen molar-refractivity contribution in [2.45, 2.75) is 19.9 Å². The topological polar surface area (TPSA) is 85.4 Å². The summed E-state index contributed by atoms with van der Waals surface area (Å²) >= 11 is 0. The van der Waals surface area contributed by atoms with Gasteiger partial charge >= 0.3 is 0 Å². The highest BCUT2D eigenvalue weighted by molar-refractivity contribution is 5.93. The van der Waals surface area contributed by atoms with Crippen LogP contribution in [0.1, 0.15) is 24.3 Å². The van der Waals surface area contributed by atoms with Gasteiger partial charge in [-0.05, 0) is 26.0 Å². The molecule has 1 aromatic heterocycles. The van der Waals surface area contributed by atoms with E-state index in [0.717, 1.165) is 0 Å². The molecule has 7 heteroatoms. The van der Waals surface area contributed by atoms with Crippen molar-refractivity contribution >= 4 is 17.4 Å². The summed E-state index contributed by atoms with van der Waals surface area (Å²) in [6.07, 6.45) is 1.34. The highest BCUT2D eigenvalue weighted by Crippen LogP contribution is 2.30. The summed E-state index contributed by atoms with van der Waals surface area (Å²) in [5.41, 5.74) is 0.971. The zero-order chi connectivity index (χ0) is 16.8. The summed E-state index contributed by atoms with van der Waals surface area (Å²) in [5.74, 6) is 1.56. The van der Waals surface area contributed by atoms with Crippen LogP contribution in [-0.4, -0.2) is 36.1 Å². The third kappa shape index (κ3) is 4.32. The van der Waals surface area contributed by atoms with Crippen LogP contribution in [0.2, 0.25) is 0 Å². The Hall–Kier alpha value is -2.83. The van der Waals surface area contributed by atoms with Gasteiger partial charge in [0, 0.05) is 18.2 Å². The molecule has 0 atom stereocenters. The van der Waals surface area contributed by atoms with Gasteiger partial charge in [0.15, 0.2) is 0 Å². The summed E-state index contributed by atoms with van der Waals surface area (Å²) < 4.78 is 10.5. The molecule has 2 N–H and O–H groups in total. The maximum absolute atomic E-state index is 12.0. The largest absolute Gasteiger partial charge is 0.497 e. The van der Waals surface area contributed by atoms with Crippen LogP contribution in [0.4, 0.5) is 11.5 Å². The Bertz CT molecular complexity index is 689. The number of aromatic nitrogens is 2. The molecule has 0 saturated carbocycles. The van der Waals surface area contributed by atoms with E-state index in [1.807, 2.05) is 13.8 Å². The molecule has 0 radical (unpaired) electrons. The van der Waals surface area contributed by atoms with Crippen molar-refractivity contribution in [2.75, 3.05) is 19.5 Å². The van der Waals surface area contributed by atoms with Crippen molar-refractivity contribution in [3.05, 3.63) is 36.3 Å². The number of carbonyl (C=O) groups excluding carboxylic acids is 1. The first kappa shape index (κ1) is 16.5. The van der Waals surface area contributed by atoms with Gasteiger partial charge in [-0.1, -0.05) is 0 Å². The van der Waals surface area contributed by atoms with E-state index >= 15 is 0 Å². The van der Waals surface area contributed by atoms with Gasteiger partial charge in [0.05, 0.1) is 19.9 Å². The predicted molar refractivity (Wildman–Crippen MR) is 87.5 cm³/mol. The first-order valence-corrected chi connectivity index (χ1v) is 7.15. The summed E-state index contributed by atoms with van der Waals surface area (Å²) in [6, 6.07) is 6.98. The van der Waals surface area contributed by atoms with Gasteiger partial charge in [0.25, 0.3) is 5.91 Å². The highest BCUT2D eigenvalue weighted by atomic mass is 16.5. The second kappa shape index (κ2) is 7.44. The Morgan fingerprint density at radius 2 is 1.91 bits per heavy atom. The van der Waals surface area contributed by atoms with Crippen LogP contribution in [0.15, 0.2) is 30.6 Å². The molecule has 0 spiro atoms. The molecule has 2 aromatic rings. The molecule has 0 aliphatic rings. The minimum atomic E-state index is -0.247. The molecule has 7 nitrogen and oxygen atoms in total. The van der Waals surface area contributed by atoms with Crippen LogP contribution in [0.25, 0.3) is 0 Å². The van der Waals surface area contributed by atoms with Crippen molar-refractivity contribution in [3.63, 3.8) is 0 Å². The summed E-state index contributed by atoms with van der Waals surface area (Å²) in [7, 11) is 3.17. The van der Waals surface area contributed by atoms with Crippen LogP contribution >= 0.6 is 0 Å². The van der Waals surface area contributed by atoms with E-state index in [0.29, 0.717) is 23.0 Å². The number of benzene rings is 1. The normalized spacial score (nSPS) is 10.3. The molecule has 0 aliphatic carbocycles. The van der Waals surface area contributed by atoms with Crippen LogP contribution in [0.5, 0.6) is 11.5 Å². The number of carbonyl (C=O) groups is 1. The maximum Gasteiger partial charge on any atom is 0.270 e. The van der Waals surface area contributed by atoms with E-state index in [9.17, 15) is 4.79 Å². The number of amides is 1. The van der Waals surface area contributed by atoms with Crippen molar-refractivity contribution in [3.8, 4) is 11.5 Å². The quantitative estimate of drug-likeness (QED) is 0.851. The number of ether oxygens (including phenoxy) is 2. The molecule has 0 fully saturated rings. The minimum Gasteiger partial charge on any atom is -0.497 e. The fourth-order valence-electron chi connectivity index (χ4n) is 1.94. The first-order chi connectivity index (χ1) is 11.0.